The molecule has 0 spiro atoms. The topological polar surface area (TPSA) is 35.5 Å². The van der Waals surface area contributed by atoms with E-state index in [1.165, 1.54) is 32.2 Å². The highest BCUT2D eigenvalue weighted by Gasteiger charge is 2.24. The van der Waals surface area contributed by atoms with Crippen molar-refractivity contribution >= 4 is 0 Å². The molecule has 0 aromatic rings. The summed E-state index contributed by atoms with van der Waals surface area (Å²) in [5.41, 5.74) is -0.159. The number of nitrogens with one attached hydrogen (secondary N) is 1. The van der Waals surface area contributed by atoms with Gasteiger partial charge in [0.05, 0.1) is 12.1 Å². The molecule has 15 heavy (non-hydrogen) atoms. The molecule has 1 fully saturated rings. The molecule has 1 unspecified atom stereocenters. The number of rotatable bonds is 6. The summed E-state index contributed by atoms with van der Waals surface area (Å²) < 4.78 is 0. The highest BCUT2D eigenvalue weighted by molar-refractivity contribution is 4.84. The SMILES string of the molecule is CNC(C)(CO)CN(C)CC1CCCC1. The zero-order valence-corrected chi connectivity index (χ0v) is 10.4. The van der Waals surface area contributed by atoms with Crippen LogP contribution in [0.3, 0.4) is 0 Å². The van der Waals surface area contributed by atoms with Crippen molar-refractivity contribution < 1.29 is 5.11 Å². The first-order valence-electron chi connectivity index (χ1n) is 6.08. The van der Waals surface area contributed by atoms with Crippen LogP contribution in [0.5, 0.6) is 0 Å². The Hall–Kier alpha value is -0.120. The van der Waals surface area contributed by atoms with Gasteiger partial charge >= 0.3 is 0 Å². The van der Waals surface area contributed by atoms with Gasteiger partial charge in [-0.1, -0.05) is 12.8 Å². The zero-order valence-electron chi connectivity index (χ0n) is 10.4. The maximum Gasteiger partial charge on any atom is 0.0623 e. The van der Waals surface area contributed by atoms with E-state index in [2.05, 4.69) is 24.2 Å². The molecular formula is C12H26N2O. The van der Waals surface area contributed by atoms with Gasteiger partial charge in [0.25, 0.3) is 0 Å². The highest BCUT2D eigenvalue weighted by Crippen LogP contribution is 2.25. The molecule has 0 aliphatic heterocycles. The molecule has 0 amide bonds. The second-order valence-electron chi connectivity index (χ2n) is 5.32. The zero-order chi connectivity index (χ0) is 11.3. The number of hydrogen-bond donors (Lipinski definition) is 2. The third kappa shape index (κ3) is 4.09. The number of nitrogens with zero attached hydrogens (tertiary/aromatic N) is 1. The summed E-state index contributed by atoms with van der Waals surface area (Å²) in [6, 6.07) is 0. The summed E-state index contributed by atoms with van der Waals surface area (Å²) in [4.78, 5) is 2.35. The fourth-order valence-electron chi connectivity index (χ4n) is 2.50. The third-order valence-corrected chi connectivity index (χ3v) is 3.62. The Kier molecular flexibility index (Phi) is 5.03. The number of aliphatic hydroxyl groups is 1. The Balaban J connectivity index is 2.30. The van der Waals surface area contributed by atoms with Crippen LogP contribution >= 0.6 is 0 Å². The first kappa shape index (κ1) is 12.9. The monoisotopic (exact) mass is 214 g/mol. The largest absolute Gasteiger partial charge is 0.394 e. The maximum atomic E-state index is 9.31. The molecule has 0 heterocycles. The molecule has 0 aromatic heterocycles. The van der Waals surface area contributed by atoms with Crippen LogP contribution in [0.4, 0.5) is 0 Å². The normalized spacial score (nSPS) is 22.2. The van der Waals surface area contributed by atoms with Gasteiger partial charge in [-0.3, -0.25) is 0 Å². The minimum absolute atomic E-state index is 0.159. The van der Waals surface area contributed by atoms with E-state index < -0.39 is 0 Å². The Morgan fingerprint density at radius 1 is 1.40 bits per heavy atom. The molecular weight excluding hydrogens is 188 g/mol. The van der Waals surface area contributed by atoms with E-state index >= 15 is 0 Å². The van der Waals surface area contributed by atoms with Gasteiger partial charge in [-0.05, 0) is 39.8 Å². The van der Waals surface area contributed by atoms with E-state index in [1.54, 1.807) is 0 Å². The lowest BCUT2D eigenvalue weighted by molar-refractivity contribution is 0.131. The van der Waals surface area contributed by atoms with Gasteiger partial charge in [-0.15, -0.1) is 0 Å². The summed E-state index contributed by atoms with van der Waals surface area (Å²) in [6.07, 6.45) is 5.59. The van der Waals surface area contributed by atoms with E-state index in [-0.39, 0.29) is 12.1 Å². The standard InChI is InChI=1S/C12H26N2O/c1-12(10-15,13-2)9-14(3)8-11-6-4-5-7-11/h11,13,15H,4-10H2,1-3H3. The lowest BCUT2D eigenvalue weighted by atomic mass is 10.0. The second-order valence-corrected chi connectivity index (χ2v) is 5.32. The van der Waals surface area contributed by atoms with Crippen molar-refractivity contribution in [2.24, 2.45) is 5.92 Å². The third-order valence-electron chi connectivity index (χ3n) is 3.62. The van der Waals surface area contributed by atoms with E-state index in [0.717, 1.165) is 12.5 Å². The fraction of sp³-hybridized carbons (Fsp3) is 1.00. The van der Waals surface area contributed by atoms with Crippen molar-refractivity contribution in [2.45, 2.75) is 38.1 Å². The first-order chi connectivity index (χ1) is 7.09. The van der Waals surface area contributed by atoms with Crippen molar-refractivity contribution in [3.63, 3.8) is 0 Å². The van der Waals surface area contributed by atoms with Crippen molar-refractivity contribution in [3.05, 3.63) is 0 Å². The quantitative estimate of drug-likeness (QED) is 0.694. The van der Waals surface area contributed by atoms with Crippen LogP contribution in [0.2, 0.25) is 0 Å². The lowest BCUT2D eigenvalue weighted by Gasteiger charge is -2.33. The summed E-state index contributed by atoms with van der Waals surface area (Å²) in [5.74, 6) is 0.884. The minimum Gasteiger partial charge on any atom is -0.394 e. The van der Waals surface area contributed by atoms with Gasteiger partial charge in [0.15, 0.2) is 0 Å². The fourth-order valence-corrected chi connectivity index (χ4v) is 2.50. The molecule has 90 valence electrons. The summed E-state index contributed by atoms with van der Waals surface area (Å²) in [7, 11) is 4.07. The predicted octanol–water partition coefficient (Wildman–Crippen LogP) is 1.08. The molecule has 0 saturated heterocycles. The summed E-state index contributed by atoms with van der Waals surface area (Å²) >= 11 is 0. The van der Waals surface area contributed by atoms with Crippen LogP contribution in [0, 0.1) is 5.92 Å². The number of hydrogen-bond acceptors (Lipinski definition) is 3. The average molecular weight is 214 g/mol. The van der Waals surface area contributed by atoms with E-state index in [0.29, 0.717) is 0 Å². The van der Waals surface area contributed by atoms with E-state index in [9.17, 15) is 5.11 Å². The van der Waals surface area contributed by atoms with Crippen molar-refractivity contribution in [3.8, 4) is 0 Å². The highest BCUT2D eigenvalue weighted by atomic mass is 16.3. The van der Waals surface area contributed by atoms with Crippen molar-refractivity contribution in [1.82, 2.24) is 10.2 Å². The average Bonchev–Trinajstić information content (AvgIpc) is 2.70. The lowest BCUT2D eigenvalue weighted by Crippen LogP contribution is -2.52. The first-order valence-corrected chi connectivity index (χ1v) is 6.08. The molecule has 1 saturated carbocycles. The molecule has 1 atom stereocenters. The molecule has 1 aliphatic carbocycles. The Morgan fingerprint density at radius 2 is 2.00 bits per heavy atom. The van der Waals surface area contributed by atoms with E-state index in [1.807, 2.05) is 7.05 Å². The molecule has 0 aromatic carbocycles. The van der Waals surface area contributed by atoms with Crippen LogP contribution in [0.25, 0.3) is 0 Å². The van der Waals surface area contributed by atoms with Gasteiger partial charge in [0.1, 0.15) is 0 Å². The Labute approximate surface area is 93.9 Å². The number of likely N-dealkylation sites (N-methyl/N-ethyl adjacent to an activating group) is 2. The summed E-state index contributed by atoms with van der Waals surface area (Å²) in [6.45, 7) is 4.35. The van der Waals surface area contributed by atoms with Gasteiger partial charge < -0.3 is 15.3 Å². The minimum atomic E-state index is -0.159. The van der Waals surface area contributed by atoms with Crippen molar-refractivity contribution in [1.29, 1.82) is 0 Å². The van der Waals surface area contributed by atoms with E-state index in [4.69, 9.17) is 0 Å². The summed E-state index contributed by atoms with van der Waals surface area (Å²) in [5, 5.41) is 12.5. The molecule has 0 bridgehead atoms. The predicted molar refractivity (Wildman–Crippen MR) is 64.0 cm³/mol. The smallest absolute Gasteiger partial charge is 0.0623 e. The Bertz CT molecular complexity index is 174. The van der Waals surface area contributed by atoms with Crippen LogP contribution in [0.1, 0.15) is 32.6 Å². The van der Waals surface area contributed by atoms with Gasteiger partial charge in [0, 0.05) is 13.1 Å². The van der Waals surface area contributed by atoms with Crippen LogP contribution in [0.15, 0.2) is 0 Å². The molecule has 3 heteroatoms. The van der Waals surface area contributed by atoms with Gasteiger partial charge in [-0.25, -0.2) is 0 Å². The van der Waals surface area contributed by atoms with Gasteiger partial charge in [0.2, 0.25) is 0 Å². The Morgan fingerprint density at radius 3 is 2.47 bits per heavy atom. The molecule has 2 N–H and O–H groups in total. The molecule has 1 aliphatic rings. The number of aliphatic hydroxyl groups excluding tert-OH is 1. The van der Waals surface area contributed by atoms with Gasteiger partial charge in [-0.2, -0.15) is 0 Å². The van der Waals surface area contributed by atoms with Crippen LogP contribution in [-0.2, 0) is 0 Å². The van der Waals surface area contributed by atoms with Crippen molar-refractivity contribution in [2.75, 3.05) is 33.8 Å². The second kappa shape index (κ2) is 5.83. The molecule has 1 rings (SSSR count). The van der Waals surface area contributed by atoms with Crippen LogP contribution < -0.4 is 5.32 Å². The maximum absolute atomic E-state index is 9.31. The van der Waals surface area contributed by atoms with Crippen LogP contribution in [-0.4, -0.2) is 49.3 Å². The molecule has 0 radical (unpaired) electrons. The molecule has 3 nitrogen and oxygen atoms in total.